The minimum Gasteiger partial charge on any atom is -0.355 e. The minimum absolute atomic E-state index is 0.178. The van der Waals surface area contributed by atoms with Gasteiger partial charge in [-0.3, -0.25) is 9.59 Å². The highest BCUT2D eigenvalue weighted by Crippen LogP contribution is 2.25. The lowest BCUT2D eigenvalue weighted by Crippen LogP contribution is -2.40. The quantitative estimate of drug-likeness (QED) is 0.293. The summed E-state index contributed by atoms with van der Waals surface area (Å²) >= 11 is 13.8. The largest absolute Gasteiger partial charge is 0.355 e. The van der Waals surface area contributed by atoms with Crippen molar-refractivity contribution in [2.24, 2.45) is 0 Å². The zero-order chi connectivity index (χ0) is 32.3. The van der Waals surface area contributed by atoms with Crippen molar-refractivity contribution in [1.82, 2.24) is 9.80 Å². The fourth-order valence-corrected chi connectivity index (χ4v) is 8.00. The average Bonchev–Trinajstić information content (AvgIpc) is 3.04. The predicted octanol–water partition coefficient (Wildman–Crippen LogP) is 6.68. The lowest BCUT2D eigenvalue weighted by Gasteiger charge is -2.35. The van der Waals surface area contributed by atoms with Gasteiger partial charge >= 0.3 is 0 Å². The number of piperidine rings is 2. The average molecular weight is 679 g/mol. The van der Waals surface area contributed by atoms with E-state index in [9.17, 15) is 20.1 Å². The summed E-state index contributed by atoms with van der Waals surface area (Å²) in [5.41, 5.74) is 3.33. The lowest BCUT2D eigenvalue weighted by atomic mass is 10.00. The third kappa shape index (κ3) is 9.91. The van der Waals surface area contributed by atoms with E-state index in [4.69, 9.17) is 24.4 Å². The number of hydrogen-bond donors (Lipinski definition) is 2. The molecular weight excluding hydrogens is 641 g/mol. The number of amides is 2. The molecule has 12 heteroatoms. The van der Waals surface area contributed by atoms with Crippen molar-refractivity contribution in [3.8, 4) is 12.1 Å². The maximum Gasteiger partial charge on any atom is 0.234 e. The number of rotatable bonds is 8. The maximum absolute atomic E-state index is 12.7. The fraction of sp³-hybridized carbons (Fsp3) is 0.455. The van der Waals surface area contributed by atoms with Crippen molar-refractivity contribution < 1.29 is 9.59 Å². The van der Waals surface area contributed by atoms with E-state index in [-0.39, 0.29) is 23.3 Å². The molecule has 2 N–H and O–H groups in total. The van der Waals surface area contributed by atoms with Crippen molar-refractivity contribution >= 4 is 79.8 Å². The van der Waals surface area contributed by atoms with Crippen LogP contribution in [0.25, 0.3) is 0 Å². The van der Waals surface area contributed by atoms with E-state index in [2.05, 4.69) is 46.4 Å². The maximum atomic E-state index is 12.7. The van der Waals surface area contributed by atoms with Gasteiger partial charge in [-0.2, -0.15) is 10.5 Å². The Bertz CT molecular complexity index is 1410. The van der Waals surface area contributed by atoms with Crippen LogP contribution in [0.4, 0.5) is 11.4 Å². The van der Waals surface area contributed by atoms with Crippen LogP contribution in [0.1, 0.15) is 74.6 Å². The third-order valence-corrected chi connectivity index (χ3v) is 11.0. The molecule has 2 atom stereocenters. The molecule has 2 aromatic rings. The van der Waals surface area contributed by atoms with Gasteiger partial charge in [-0.25, -0.2) is 0 Å². The van der Waals surface area contributed by atoms with Crippen LogP contribution >= 0.6 is 48.0 Å². The predicted molar refractivity (Wildman–Crippen MR) is 193 cm³/mol. The Kier molecular flexibility index (Phi) is 13.1. The molecule has 2 amide bonds. The van der Waals surface area contributed by atoms with E-state index < -0.39 is 0 Å². The minimum atomic E-state index is -0.214. The molecule has 4 rings (SSSR count). The van der Waals surface area contributed by atoms with Crippen LogP contribution in [0, 0.1) is 22.7 Å². The second kappa shape index (κ2) is 17.0. The molecule has 2 aliphatic rings. The Morgan fingerprint density at radius 1 is 0.778 bits per heavy atom. The summed E-state index contributed by atoms with van der Waals surface area (Å²) in [7, 11) is 0. The molecule has 236 valence electrons. The van der Waals surface area contributed by atoms with Crippen molar-refractivity contribution in [1.29, 1.82) is 10.5 Å². The zero-order valence-electron chi connectivity index (χ0n) is 25.6. The first-order valence-corrected chi connectivity index (χ1v) is 18.0. The Morgan fingerprint density at radius 2 is 1.20 bits per heavy atom. The molecule has 0 radical (unpaired) electrons. The third-order valence-electron chi connectivity index (χ3n) is 8.09. The summed E-state index contributed by atoms with van der Waals surface area (Å²) in [5.74, 6) is -0.0719. The lowest BCUT2D eigenvalue weighted by molar-refractivity contribution is -0.114. The summed E-state index contributed by atoms with van der Waals surface area (Å²) in [6.07, 6.45) is 7.32. The van der Waals surface area contributed by atoms with Crippen molar-refractivity contribution in [2.45, 2.75) is 70.9 Å². The molecule has 0 aliphatic carbocycles. The van der Waals surface area contributed by atoms with Gasteiger partial charge in [0.25, 0.3) is 0 Å². The molecular formula is C33H38N6O2S4. The standard InChI is InChI=1S/C33H38N6O2S4/c1-22-7-3-5-13-38(22)32(42)44-20-30(40)36-28-11-9-24(16-26(28)18-34)15-25-10-12-29(27(17-25)19-35)37-31(41)21-45-33(43)39-14-6-4-8-23(39)2/h9-12,16-17,22-23H,3-8,13-15,20-21H2,1-2H3,(H,36,40)(H,37,41)/t22-,23+. The van der Waals surface area contributed by atoms with E-state index in [1.807, 2.05) is 12.1 Å². The first-order valence-electron chi connectivity index (χ1n) is 15.2. The van der Waals surface area contributed by atoms with Crippen molar-refractivity contribution in [2.75, 3.05) is 35.2 Å². The zero-order valence-corrected chi connectivity index (χ0v) is 28.9. The van der Waals surface area contributed by atoms with Crippen LogP contribution in [0.5, 0.6) is 0 Å². The van der Waals surface area contributed by atoms with Gasteiger partial charge in [0.2, 0.25) is 11.8 Å². The number of nitrogens with zero attached hydrogens (tertiary/aromatic N) is 4. The Balaban J connectivity index is 1.30. The van der Waals surface area contributed by atoms with Crippen LogP contribution in [0.2, 0.25) is 0 Å². The molecule has 0 spiro atoms. The molecule has 45 heavy (non-hydrogen) atoms. The van der Waals surface area contributed by atoms with E-state index in [0.29, 0.717) is 41.0 Å². The van der Waals surface area contributed by atoms with Crippen LogP contribution in [0.15, 0.2) is 36.4 Å². The molecule has 8 nitrogen and oxygen atoms in total. The highest BCUT2D eigenvalue weighted by molar-refractivity contribution is 8.23. The van der Waals surface area contributed by atoms with Gasteiger partial charge in [0.15, 0.2) is 0 Å². The van der Waals surface area contributed by atoms with Gasteiger partial charge in [-0.1, -0.05) is 60.1 Å². The molecule has 0 bridgehead atoms. The molecule has 0 unspecified atom stereocenters. The SMILES string of the molecule is C[C@@H]1CCCCN1C(=S)SCC(=O)Nc1ccc(Cc2ccc(NC(=O)CSC(=S)N3CCCC[C@@H]3C)c(C#N)c2)cc1C#N. The summed E-state index contributed by atoms with van der Waals surface area (Å²) in [6.45, 7) is 6.17. The normalized spacial score (nSPS) is 18.0. The number of benzene rings is 2. The van der Waals surface area contributed by atoms with Gasteiger partial charge < -0.3 is 20.4 Å². The molecule has 2 fully saturated rings. The van der Waals surface area contributed by atoms with Crippen molar-refractivity contribution in [3.63, 3.8) is 0 Å². The summed E-state index contributed by atoms with van der Waals surface area (Å²) in [6, 6.07) is 15.8. The number of thioether (sulfide) groups is 2. The van der Waals surface area contributed by atoms with E-state index in [1.54, 1.807) is 24.3 Å². The van der Waals surface area contributed by atoms with Gasteiger partial charge in [0, 0.05) is 25.2 Å². The van der Waals surface area contributed by atoms with Crippen molar-refractivity contribution in [3.05, 3.63) is 58.7 Å². The van der Waals surface area contributed by atoms with Crippen LogP contribution in [0.3, 0.4) is 0 Å². The number of carbonyl (C=O) groups is 2. The van der Waals surface area contributed by atoms with Gasteiger partial charge in [-0.05, 0) is 94.2 Å². The fourth-order valence-electron chi connectivity index (χ4n) is 5.57. The van der Waals surface area contributed by atoms with Crippen LogP contribution in [-0.4, -0.2) is 66.9 Å². The van der Waals surface area contributed by atoms with Gasteiger partial charge in [0.1, 0.15) is 20.8 Å². The highest BCUT2D eigenvalue weighted by Gasteiger charge is 2.23. The monoisotopic (exact) mass is 678 g/mol. The van der Waals surface area contributed by atoms with Crippen LogP contribution in [-0.2, 0) is 16.0 Å². The molecule has 2 saturated heterocycles. The first kappa shape index (κ1) is 34.7. The van der Waals surface area contributed by atoms with Crippen LogP contribution < -0.4 is 10.6 Å². The second-order valence-corrected chi connectivity index (χ2v) is 14.7. The smallest absolute Gasteiger partial charge is 0.234 e. The summed E-state index contributed by atoms with van der Waals surface area (Å²) < 4.78 is 1.47. The second-order valence-electron chi connectivity index (χ2n) is 11.4. The Labute approximate surface area is 285 Å². The van der Waals surface area contributed by atoms with E-state index >= 15 is 0 Å². The number of anilines is 2. The highest BCUT2D eigenvalue weighted by atomic mass is 32.2. The first-order chi connectivity index (χ1) is 21.7. The Hall–Kier alpha value is -3.16. The molecule has 2 aliphatic heterocycles. The topological polar surface area (TPSA) is 112 Å². The molecule has 0 saturated carbocycles. The van der Waals surface area contributed by atoms with Gasteiger partial charge in [-0.15, -0.1) is 0 Å². The van der Waals surface area contributed by atoms with Gasteiger partial charge in [0.05, 0.1) is 34.0 Å². The number of thiocarbonyl (C=S) groups is 2. The number of likely N-dealkylation sites (tertiary alicyclic amines) is 2. The number of hydrogen-bond acceptors (Lipinski definition) is 8. The number of carbonyl (C=O) groups excluding carboxylic acids is 2. The molecule has 0 aromatic heterocycles. The summed E-state index contributed by atoms with van der Waals surface area (Å²) in [5, 5.41) is 25.2. The van der Waals surface area contributed by atoms with E-state index in [0.717, 1.165) is 58.5 Å². The Morgan fingerprint density at radius 3 is 1.58 bits per heavy atom. The molecule has 2 heterocycles. The number of nitrogens with one attached hydrogen (secondary N) is 2. The van der Waals surface area contributed by atoms with E-state index in [1.165, 1.54) is 36.4 Å². The summed E-state index contributed by atoms with van der Waals surface area (Å²) in [4.78, 5) is 29.7. The molecule has 2 aromatic carbocycles. The number of nitriles is 2.